The van der Waals surface area contributed by atoms with Crippen LogP contribution in [-0.2, 0) is 20.5 Å². The number of aliphatic hydroxyl groups is 1. The maximum Gasteiger partial charge on any atom is 0.433 e. The number of methoxy groups -OCH3 is 1. The smallest absolute Gasteiger partial charge is 0.433 e. The Morgan fingerprint density at radius 2 is 1.77 bits per heavy atom. The number of aliphatic imine (C=N–C) groups is 1. The van der Waals surface area contributed by atoms with Gasteiger partial charge in [-0.3, -0.25) is 14.6 Å². The summed E-state index contributed by atoms with van der Waals surface area (Å²) in [4.78, 5) is 34.0. The Bertz CT molecular complexity index is 944. The van der Waals surface area contributed by atoms with Gasteiger partial charge in [-0.1, -0.05) is 0 Å². The lowest BCUT2D eigenvalue weighted by Gasteiger charge is -2.40. The number of rotatable bonds is 4. The second kappa shape index (κ2) is 7.94. The number of allylic oxidation sites excluding steroid dienone is 1. The minimum Gasteiger partial charge on any atom is -0.506 e. The second-order valence-electron chi connectivity index (χ2n) is 8.18. The van der Waals surface area contributed by atoms with Crippen LogP contribution in [0, 0.1) is 17.8 Å². The summed E-state index contributed by atoms with van der Waals surface area (Å²) in [5.41, 5.74) is -4.02. The number of carbonyl (C=O) groups is 2. The molecule has 1 aromatic rings. The molecule has 0 saturated heterocycles. The minimum absolute atomic E-state index is 0.0354. The first kappa shape index (κ1) is 23.7. The number of alkyl halides is 3. The highest BCUT2D eigenvalue weighted by Gasteiger charge is 2.55. The number of aryl methyl sites for hydroxylation is 1. The van der Waals surface area contributed by atoms with E-state index in [1.54, 1.807) is 13.8 Å². The van der Waals surface area contributed by atoms with E-state index in [1.165, 1.54) is 27.9 Å². The van der Waals surface area contributed by atoms with Crippen molar-refractivity contribution >= 4 is 23.0 Å². The molecule has 0 atom stereocenters. The Kier molecular flexibility index (Phi) is 6.28. The summed E-state index contributed by atoms with van der Waals surface area (Å²) in [6.45, 7) is 7.77. The van der Waals surface area contributed by atoms with Crippen LogP contribution in [-0.4, -0.2) is 47.6 Å². The van der Waals surface area contributed by atoms with E-state index in [-0.39, 0.29) is 41.5 Å². The fraction of sp³-hybridized carbons (Fsp3) is 0.524. The normalized spacial score (nSPS) is 21.8. The number of Topliss-reactive ketones (excluding diaryl/α,β-unsaturated/α-hetero) is 2. The van der Waals surface area contributed by atoms with Crippen molar-refractivity contribution in [3.63, 3.8) is 0 Å². The molecule has 1 aliphatic carbocycles. The van der Waals surface area contributed by atoms with Crippen molar-refractivity contribution in [2.75, 3.05) is 20.3 Å². The summed E-state index contributed by atoms with van der Waals surface area (Å²) in [5, 5.41) is 11.0. The number of hydrogen-bond donors (Lipinski definition) is 1. The zero-order chi connectivity index (χ0) is 23.1. The molecule has 1 aliphatic rings. The summed E-state index contributed by atoms with van der Waals surface area (Å²) < 4.78 is 43.8. The molecule has 2 rings (SSSR count). The fourth-order valence-electron chi connectivity index (χ4n) is 3.57. The average molecular weight is 426 g/mol. The highest BCUT2D eigenvalue weighted by molar-refractivity contribution is 6.41. The van der Waals surface area contributed by atoms with Gasteiger partial charge in [-0.15, -0.1) is 0 Å². The van der Waals surface area contributed by atoms with Gasteiger partial charge in [0.1, 0.15) is 11.5 Å². The number of ketones is 2. The van der Waals surface area contributed by atoms with Crippen molar-refractivity contribution in [3.8, 4) is 0 Å². The molecule has 164 valence electrons. The molecule has 1 heterocycles. The molecule has 1 fully saturated rings. The summed E-state index contributed by atoms with van der Waals surface area (Å²) in [6.07, 6.45) is -4.64. The van der Waals surface area contributed by atoms with Gasteiger partial charge in [0.25, 0.3) is 0 Å². The molecule has 0 bridgehead atoms. The highest BCUT2D eigenvalue weighted by atomic mass is 19.4. The highest BCUT2D eigenvalue weighted by Crippen LogP contribution is 2.43. The fourth-order valence-corrected chi connectivity index (χ4v) is 3.57. The van der Waals surface area contributed by atoms with E-state index >= 15 is 0 Å². The number of carbonyl (C=O) groups excluding carboxylic acids is 2. The third-order valence-corrected chi connectivity index (χ3v) is 5.19. The third kappa shape index (κ3) is 4.03. The molecule has 6 nitrogen and oxygen atoms in total. The Morgan fingerprint density at radius 1 is 1.17 bits per heavy atom. The SMILES string of the molecule is COCCN=C1C(=C(O)c2ccc(C(F)(F)F)nc2C)C(=O)C(C)(C)C(=O)C1(C)C. The van der Waals surface area contributed by atoms with Crippen molar-refractivity contribution < 1.29 is 32.6 Å². The largest absolute Gasteiger partial charge is 0.506 e. The predicted molar refractivity (Wildman–Crippen MR) is 105 cm³/mol. The summed E-state index contributed by atoms with van der Waals surface area (Å²) in [5.74, 6) is -1.57. The van der Waals surface area contributed by atoms with Gasteiger partial charge in [-0.25, -0.2) is 4.98 Å². The lowest BCUT2D eigenvalue weighted by Crippen LogP contribution is -2.54. The number of nitrogens with zero attached hydrogens (tertiary/aromatic N) is 2. The van der Waals surface area contributed by atoms with Crippen LogP contribution in [0.2, 0.25) is 0 Å². The lowest BCUT2D eigenvalue weighted by atomic mass is 9.60. The zero-order valence-corrected chi connectivity index (χ0v) is 17.8. The van der Waals surface area contributed by atoms with Crippen LogP contribution in [0.25, 0.3) is 5.76 Å². The molecule has 0 amide bonds. The van der Waals surface area contributed by atoms with Crippen LogP contribution < -0.4 is 0 Å². The van der Waals surface area contributed by atoms with Gasteiger partial charge >= 0.3 is 6.18 Å². The second-order valence-corrected chi connectivity index (χ2v) is 8.18. The van der Waals surface area contributed by atoms with E-state index in [0.717, 1.165) is 12.1 Å². The number of aliphatic hydroxyl groups excluding tert-OH is 1. The molecule has 1 N–H and O–H groups in total. The van der Waals surface area contributed by atoms with E-state index in [4.69, 9.17) is 4.74 Å². The van der Waals surface area contributed by atoms with Crippen molar-refractivity contribution in [2.45, 2.75) is 40.8 Å². The van der Waals surface area contributed by atoms with E-state index in [0.29, 0.717) is 0 Å². The van der Waals surface area contributed by atoms with Gasteiger partial charge < -0.3 is 9.84 Å². The first-order valence-corrected chi connectivity index (χ1v) is 9.29. The van der Waals surface area contributed by atoms with Crippen LogP contribution in [0.4, 0.5) is 13.2 Å². The monoisotopic (exact) mass is 426 g/mol. The average Bonchev–Trinajstić information content (AvgIpc) is 2.64. The number of ether oxygens (including phenoxy) is 1. The van der Waals surface area contributed by atoms with Gasteiger partial charge in [-0.05, 0) is 46.8 Å². The molecule has 0 spiro atoms. The molecular weight excluding hydrogens is 401 g/mol. The van der Waals surface area contributed by atoms with E-state index in [1.807, 2.05) is 0 Å². The minimum atomic E-state index is -4.64. The van der Waals surface area contributed by atoms with Crippen LogP contribution in [0.3, 0.4) is 0 Å². The zero-order valence-electron chi connectivity index (χ0n) is 17.8. The van der Waals surface area contributed by atoms with Gasteiger partial charge in [0.2, 0.25) is 0 Å². The Morgan fingerprint density at radius 3 is 2.27 bits per heavy atom. The standard InChI is InChI=1S/C21H25F3N2O4/c1-11-12(7-8-13(26-11)21(22,23)24)15(27)14-16(25-9-10-30-6)19(2,3)18(29)20(4,5)17(14)28/h7-8,27H,9-10H2,1-6H3. The van der Waals surface area contributed by atoms with Gasteiger partial charge in [0.15, 0.2) is 11.6 Å². The van der Waals surface area contributed by atoms with Crippen LogP contribution in [0.5, 0.6) is 0 Å². The Balaban J connectivity index is 2.77. The molecule has 1 aromatic heterocycles. The molecule has 0 aliphatic heterocycles. The van der Waals surface area contributed by atoms with Gasteiger partial charge in [0, 0.05) is 18.4 Å². The summed E-state index contributed by atoms with van der Waals surface area (Å²) in [7, 11) is 1.47. The quantitative estimate of drug-likeness (QED) is 0.341. The first-order valence-electron chi connectivity index (χ1n) is 9.29. The van der Waals surface area contributed by atoms with E-state index in [2.05, 4.69) is 9.98 Å². The van der Waals surface area contributed by atoms with Crippen LogP contribution in [0.15, 0.2) is 22.7 Å². The third-order valence-electron chi connectivity index (χ3n) is 5.19. The van der Waals surface area contributed by atoms with E-state index in [9.17, 15) is 27.9 Å². The van der Waals surface area contributed by atoms with Crippen molar-refractivity contribution in [1.29, 1.82) is 0 Å². The maximum absolute atomic E-state index is 13.2. The molecule has 1 saturated carbocycles. The van der Waals surface area contributed by atoms with Gasteiger partial charge in [0.05, 0.1) is 35.3 Å². The first-order chi connectivity index (χ1) is 13.7. The number of aromatic nitrogens is 1. The van der Waals surface area contributed by atoms with E-state index < -0.39 is 34.2 Å². The molecular formula is C21H25F3N2O4. The van der Waals surface area contributed by atoms with Crippen molar-refractivity contribution in [3.05, 3.63) is 34.7 Å². The van der Waals surface area contributed by atoms with Crippen LogP contribution >= 0.6 is 0 Å². The summed E-state index contributed by atoms with van der Waals surface area (Å²) in [6, 6.07) is 1.79. The number of pyridine rings is 1. The van der Waals surface area contributed by atoms with Crippen LogP contribution in [0.1, 0.15) is 44.6 Å². The predicted octanol–water partition coefficient (Wildman–Crippen LogP) is 3.97. The molecule has 0 radical (unpaired) electrons. The van der Waals surface area contributed by atoms with Crippen molar-refractivity contribution in [1.82, 2.24) is 4.98 Å². The Hall–Kier alpha value is -2.55. The molecule has 30 heavy (non-hydrogen) atoms. The topological polar surface area (TPSA) is 88.8 Å². The molecule has 9 heteroatoms. The van der Waals surface area contributed by atoms with Gasteiger partial charge in [-0.2, -0.15) is 13.2 Å². The number of hydrogen-bond acceptors (Lipinski definition) is 6. The maximum atomic E-state index is 13.2. The molecule has 0 aromatic carbocycles. The number of halogens is 3. The van der Waals surface area contributed by atoms with Crippen molar-refractivity contribution in [2.24, 2.45) is 15.8 Å². The summed E-state index contributed by atoms with van der Waals surface area (Å²) >= 11 is 0. The Labute approximate surface area is 172 Å². The molecule has 0 unspecified atom stereocenters. The lowest BCUT2D eigenvalue weighted by molar-refractivity contribution is -0.142.